The molecule has 2 amide bonds. The molecule has 214 valence electrons. The number of ether oxygens (including phenoxy) is 2. The SMILES string of the molecule is C1COCCN1.CCOc1cc(C=O)c(CN(C)C2CCC(=O)NC2=O)cc1N1CCCN(C)CC1.CS. The van der Waals surface area contributed by atoms with Crippen molar-refractivity contribution in [2.24, 2.45) is 0 Å². The molecule has 11 heteroatoms. The van der Waals surface area contributed by atoms with E-state index < -0.39 is 0 Å². The van der Waals surface area contributed by atoms with E-state index in [-0.39, 0.29) is 17.9 Å². The van der Waals surface area contributed by atoms with Crippen molar-refractivity contribution in [1.29, 1.82) is 0 Å². The number of carbonyl (C=O) groups is 3. The Labute approximate surface area is 232 Å². The molecule has 10 nitrogen and oxygen atoms in total. The lowest BCUT2D eigenvalue weighted by Gasteiger charge is -2.31. The van der Waals surface area contributed by atoms with Crippen LogP contribution in [0.5, 0.6) is 5.75 Å². The van der Waals surface area contributed by atoms with Crippen LogP contribution in [0.3, 0.4) is 0 Å². The van der Waals surface area contributed by atoms with Gasteiger partial charge in [0.05, 0.1) is 31.5 Å². The highest BCUT2D eigenvalue weighted by Gasteiger charge is 2.30. The standard InChI is InChI=1S/C22H32N4O4.C4H9NO.CH4S/c1-4-30-20-13-17(15-27)16(12-19(20)26-9-5-8-24(2)10-11-26)14-25(3)18-6-7-21(28)23-22(18)29;1-3-6-4-2-5-1;1-2/h12-13,15,18H,4-11,14H2,1-3H3,(H,23,28,29);5H,1-4H2;2H,1H3. The first-order valence-corrected chi connectivity index (χ1v) is 14.3. The number of morpholine rings is 1. The molecule has 0 bridgehead atoms. The van der Waals surface area contributed by atoms with Crippen molar-refractivity contribution >= 4 is 36.4 Å². The van der Waals surface area contributed by atoms with Crippen LogP contribution in [0.15, 0.2) is 12.1 Å². The summed E-state index contributed by atoms with van der Waals surface area (Å²) in [5, 5.41) is 5.56. The highest BCUT2D eigenvalue weighted by atomic mass is 32.1. The lowest BCUT2D eigenvalue weighted by molar-refractivity contribution is -0.137. The number of carbonyl (C=O) groups excluding carboxylic acids is 3. The van der Waals surface area contributed by atoms with Crippen LogP contribution in [-0.4, -0.2) is 113 Å². The number of hydrogen-bond acceptors (Lipinski definition) is 10. The quantitative estimate of drug-likeness (QED) is 0.264. The summed E-state index contributed by atoms with van der Waals surface area (Å²) in [7, 11) is 3.98. The summed E-state index contributed by atoms with van der Waals surface area (Å²) in [6.07, 6.45) is 4.41. The van der Waals surface area contributed by atoms with E-state index in [1.807, 2.05) is 31.0 Å². The molecule has 3 fully saturated rings. The van der Waals surface area contributed by atoms with Gasteiger partial charge in [0.2, 0.25) is 11.8 Å². The van der Waals surface area contributed by atoms with Gasteiger partial charge < -0.3 is 24.6 Å². The molecule has 1 atom stereocenters. The third kappa shape index (κ3) is 9.85. The predicted octanol–water partition coefficient (Wildman–Crippen LogP) is 1.43. The minimum Gasteiger partial charge on any atom is -0.492 e. The second kappa shape index (κ2) is 17.4. The van der Waals surface area contributed by atoms with Crippen LogP contribution in [-0.2, 0) is 20.9 Å². The molecule has 38 heavy (non-hydrogen) atoms. The number of benzene rings is 1. The molecule has 1 aromatic rings. The molecule has 3 heterocycles. The summed E-state index contributed by atoms with van der Waals surface area (Å²) in [4.78, 5) is 42.0. The molecule has 0 aromatic heterocycles. The Morgan fingerprint density at radius 1 is 1.16 bits per heavy atom. The van der Waals surface area contributed by atoms with Crippen LogP contribution < -0.4 is 20.3 Å². The average Bonchev–Trinajstić information content (AvgIpc) is 3.16. The van der Waals surface area contributed by atoms with Gasteiger partial charge >= 0.3 is 0 Å². The molecular weight excluding hydrogens is 506 g/mol. The lowest BCUT2D eigenvalue weighted by atomic mass is 10.0. The Kier molecular flexibility index (Phi) is 14.7. The zero-order valence-electron chi connectivity index (χ0n) is 23.3. The fourth-order valence-corrected chi connectivity index (χ4v) is 4.68. The van der Waals surface area contributed by atoms with E-state index in [4.69, 9.17) is 9.47 Å². The third-order valence-electron chi connectivity index (χ3n) is 6.72. The van der Waals surface area contributed by atoms with E-state index in [9.17, 15) is 14.4 Å². The number of piperidine rings is 1. The normalized spacial score (nSPS) is 20.4. The number of imide groups is 1. The predicted molar refractivity (Wildman–Crippen MR) is 154 cm³/mol. The van der Waals surface area contributed by atoms with Gasteiger partial charge in [0.15, 0.2) is 6.29 Å². The molecule has 2 N–H and O–H groups in total. The van der Waals surface area contributed by atoms with Crippen LogP contribution >= 0.6 is 12.6 Å². The number of anilines is 1. The summed E-state index contributed by atoms with van der Waals surface area (Å²) < 4.78 is 10.9. The molecule has 3 aliphatic heterocycles. The topological polar surface area (TPSA) is 103 Å². The molecule has 1 aromatic carbocycles. The molecule has 3 aliphatic rings. The summed E-state index contributed by atoms with van der Waals surface area (Å²) >= 11 is 3.53. The summed E-state index contributed by atoms with van der Waals surface area (Å²) in [5.74, 6) is 0.215. The van der Waals surface area contributed by atoms with E-state index in [0.29, 0.717) is 31.6 Å². The van der Waals surface area contributed by atoms with Crippen molar-refractivity contribution in [2.45, 2.75) is 38.8 Å². The smallest absolute Gasteiger partial charge is 0.243 e. The Morgan fingerprint density at radius 2 is 1.89 bits per heavy atom. The van der Waals surface area contributed by atoms with Gasteiger partial charge in [-0.3, -0.25) is 24.6 Å². The maximum atomic E-state index is 12.2. The first-order valence-electron chi connectivity index (χ1n) is 13.4. The first-order chi connectivity index (χ1) is 18.4. The van der Waals surface area contributed by atoms with Crippen molar-refractivity contribution in [3.8, 4) is 5.75 Å². The highest BCUT2D eigenvalue weighted by molar-refractivity contribution is 7.79. The van der Waals surface area contributed by atoms with Crippen molar-refractivity contribution in [1.82, 2.24) is 20.4 Å². The zero-order valence-corrected chi connectivity index (χ0v) is 24.2. The van der Waals surface area contributed by atoms with Crippen LogP contribution in [0.1, 0.15) is 42.1 Å². The Balaban J connectivity index is 0.000000548. The summed E-state index contributed by atoms with van der Waals surface area (Å²) in [5.41, 5.74) is 2.41. The largest absolute Gasteiger partial charge is 0.492 e. The van der Waals surface area contributed by atoms with E-state index in [1.165, 1.54) is 0 Å². The molecule has 0 saturated carbocycles. The average molecular weight is 552 g/mol. The fraction of sp³-hybridized carbons (Fsp3) is 0.667. The van der Waals surface area contributed by atoms with Gasteiger partial charge in [-0.25, -0.2) is 0 Å². The van der Waals surface area contributed by atoms with E-state index in [2.05, 4.69) is 40.1 Å². The van der Waals surface area contributed by atoms with Crippen molar-refractivity contribution in [3.63, 3.8) is 0 Å². The summed E-state index contributed by atoms with van der Waals surface area (Å²) in [6, 6.07) is 3.46. The van der Waals surface area contributed by atoms with E-state index in [0.717, 1.165) is 82.2 Å². The first kappa shape index (κ1) is 32.0. The molecule has 4 rings (SSSR count). The maximum Gasteiger partial charge on any atom is 0.243 e. The van der Waals surface area contributed by atoms with Gasteiger partial charge in [0, 0.05) is 51.3 Å². The second-order valence-electron chi connectivity index (χ2n) is 9.46. The fourth-order valence-electron chi connectivity index (χ4n) is 4.68. The number of aldehydes is 1. The van der Waals surface area contributed by atoms with Crippen molar-refractivity contribution in [3.05, 3.63) is 23.3 Å². The molecule has 0 spiro atoms. The molecule has 0 aliphatic carbocycles. The number of hydrogen-bond donors (Lipinski definition) is 3. The minimum atomic E-state index is -0.385. The van der Waals surface area contributed by atoms with Crippen LogP contribution in [0, 0.1) is 0 Å². The minimum absolute atomic E-state index is 0.229. The molecule has 3 saturated heterocycles. The summed E-state index contributed by atoms with van der Waals surface area (Å²) in [6.45, 7) is 10.6. The number of nitrogens with zero attached hydrogens (tertiary/aromatic N) is 3. The van der Waals surface area contributed by atoms with Crippen molar-refractivity contribution in [2.75, 3.05) is 84.3 Å². The van der Waals surface area contributed by atoms with Gasteiger partial charge in [-0.2, -0.15) is 12.6 Å². The maximum absolute atomic E-state index is 12.2. The Bertz CT molecular complexity index is 887. The lowest BCUT2D eigenvalue weighted by Crippen LogP contribution is -2.51. The monoisotopic (exact) mass is 551 g/mol. The van der Waals surface area contributed by atoms with E-state index in [1.54, 1.807) is 6.26 Å². The van der Waals surface area contributed by atoms with Crippen molar-refractivity contribution < 1.29 is 23.9 Å². The Morgan fingerprint density at radius 3 is 2.47 bits per heavy atom. The van der Waals surface area contributed by atoms with Crippen LogP contribution in [0.4, 0.5) is 5.69 Å². The van der Waals surface area contributed by atoms with Crippen LogP contribution in [0.25, 0.3) is 0 Å². The molecule has 0 radical (unpaired) electrons. The van der Waals surface area contributed by atoms with Crippen LogP contribution in [0.2, 0.25) is 0 Å². The molecule has 1 unspecified atom stereocenters. The molecular formula is C27H45N5O5S. The number of nitrogens with one attached hydrogen (secondary N) is 2. The van der Waals surface area contributed by atoms with Gasteiger partial charge in [-0.1, -0.05) is 0 Å². The van der Waals surface area contributed by atoms with Gasteiger partial charge in [-0.05, 0) is 64.4 Å². The van der Waals surface area contributed by atoms with Gasteiger partial charge in [0.25, 0.3) is 0 Å². The number of thiol groups is 1. The number of amides is 2. The third-order valence-corrected chi connectivity index (χ3v) is 6.72. The number of rotatable bonds is 7. The highest BCUT2D eigenvalue weighted by Crippen LogP contribution is 2.33. The zero-order chi connectivity index (χ0) is 27.9. The van der Waals surface area contributed by atoms with Gasteiger partial charge in [-0.15, -0.1) is 0 Å². The number of likely N-dealkylation sites (N-methyl/N-ethyl adjacent to an activating group) is 2. The second-order valence-corrected chi connectivity index (χ2v) is 9.46. The van der Waals surface area contributed by atoms with Gasteiger partial charge in [0.1, 0.15) is 5.75 Å². The van der Waals surface area contributed by atoms with E-state index >= 15 is 0 Å². The Hall–Kier alpha value is -2.18.